The van der Waals surface area contributed by atoms with E-state index in [-0.39, 0.29) is 11.5 Å². The van der Waals surface area contributed by atoms with Crippen molar-refractivity contribution in [3.63, 3.8) is 0 Å². The van der Waals surface area contributed by atoms with E-state index in [0.29, 0.717) is 12.5 Å². The van der Waals surface area contributed by atoms with Crippen LogP contribution in [0, 0.1) is 6.92 Å². The van der Waals surface area contributed by atoms with Crippen molar-refractivity contribution in [2.24, 2.45) is 7.05 Å². The SMILES string of the molecule is Cc1cccc(C(=O)N2CCC[C@]3(C[C@H](c4cnn(C)c4)CO3)C2)c1. The maximum atomic E-state index is 12.9. The predicted molar refractivity (Wildman–Crippen MR) is 95.6 cm³/mol. The highest BCUT2D eigenvalue weighted by Crippen LogP contribution is 2.41. The van der Waals surface area contributed by atoms with Crippen LogP contribution in [0.1, 0.15) is 46.7 Å². The molecule has 5 heteroatoms. The smallest absolute Gasteiger partial charge is 0.253 e. The molecule has 0 unspecified atom stereocenters. The Morgan fingerprint density at radius 2 is 2.28 bits per heavy atom. The number of hydrogen-bond donors (Lipinski definition) is 0. The van der Waals surface area contributed by atoms with Crippen LogP contribution in [0.3, 0.4) is 0 Å². The van der Waals surface area contributed by atoms with Crippen LogP contribution in [0.15, 0.2) is 36.7 Å². The lowest BCUT2D eigenvalue weighted by Gasteiger charge is -2.39. The third-order valence-corrected chi connectivity index (χ3v) is 5.50. The Morgan fingerprint density at radius 3 is 3.04 bits per heavy atom. The van der Waals surface area contributed by atoms with Gasteiger partial charge in [-0.25, -0.2) is 0 Å². The van der Waals surface area contributed by atoms with Gasteiger partial charge in [0, 0.05) is 37.8 Å². The molecule has 5 nitrogen and oxygen atoms in total. The topological polar surface area (TPSA) is 47.4 Å². The van der Waals surface area contributed by atoms with Gasteiger partial charge in [0.15, 0.2) is 0 Å². The molecular formula is C20H25N3O2. The van der Waals surface area contributed by atoms with E-state index < -0.39 is 0 Å². The van der Waals surface area contributed by atoms with Crippen LogP contribution in [0.2, 0.25) is 0 Å². The Balaban J connectivity index is 1.48. The van der Waals surface area contributed by atoms with Crippen LogP contribution in [-0.4, -0.2) is 45.9 Å². The molecule has 0 aliphatic carbocycles. The number of carbonyl (C=O) groups excluding carboxylic acids is 1. The third kappa shape index (κ3) is 3.21. The average molecular weight is 339 g/mol. The zero-order chi connectivity index (χ0) is 17.4. The van der Waals surface area contributed by atoms with Crippen LogP contribution >= 0.6 is 0 Å². The summed E-state index contributed by atoms with van der Waals surface area (Å²) in [5, 5.41) is 4.28. The lowest BCUT2D eigenvalue weighted by molar-refractivity contribution is -0.0447. The first-order chi connectivity index (χ1) is 12.0. The minimum atomic E-state index is -0.196. The predicted octanol–water partition coefficient (Wildman–Crippen LogP) is 2.91. The van der Waals surface area contributed by atoms with Crippen LogP contribution in [-0.2, 0) is 11.8 Å². The Bertz CT molecular complexity index is 785. The number of nitrogens with zero attached hydrogens (tertiary/aromatic N) is 3. The highest BCUT2D eigenvalue weighted by atomic mass is 16.5. The van der Waals surface area contributed by atoms with Crippen molar-refractivity contribution in [1.82, 2.24) is 14.7 Å². The van der Waals surface area contributed by atoms with Gasteiger partial charge in [-0.3, -0.25) is 9.48 Å². The Labute approximate surface area is 148 Å². The lowest BCUT2D eigenvalue weighted by atomic mass is 9.84. The minimum absolute atomic E-state index is 0.121. The van der Waals surface area contributed by atoms with Crippen molar-refractivity contribution < 1.29 is 9.53 Å². The molecule has 3 heterocycles. The molecule has 0 saturated carbocycles. The normalized spacial score (nSPS) is 26.3. The molecule has 0 bridgehead atoms. The number of carbonyl (C=O) groups is 1. The second-order valence-electron chi connectivity index (χ2n) is 7.54. The van der Waals surface area contributed by atoms with Crippen LogP contribution in [0.4, 0.5) is 0 Å². The van der Waals surface area contributed by atoms with Gasteiger partial charge in [-0.05, 0) is 43.9 Å². The molecule has 2 aliphatic rings. The zero-order valence-electron chi connectivity index (χ0n) is 14.9. The van der Waals surface area contributed by atoms with E-state index in [9.17, 15) is 4.79 Å². The summed E-state index contributed by atoms with van der Waals surface area (Å²) in [4.78, 5) is 14.9. The van der Waals surface area contributed by atoms with E-state index in [1.807, 2.05) is 54.0 Å². The number of ether oxygens (including phenoxy) is 1. The van der Waals surface area contributed by atoms with Gasteiger partial charge in [-0.15, -0.1) is 0 Å². The largest absolute Gasteiger partial charge is 0.372 e. The standard InChI is InChI=1S/C20H25N3O2/c1-15-5-3-6-16(9-15)19(24)23-8-4-7-20(14-23)10-17(13-25-20)18-11-21-22(2)12-18/h3,5-6,9,11-12,17H,4,7-8,10,13-14H2,1-2H3/t17-,20-/m0/s1. The number of hydrogen-bond acceptors (Lipinski definition) is 3. The maximum Gasteiger partial charge on any atom is 0.253 e. The first-order valence-corrected chi connectivity index (χ1v) is 9.03. The number of aromatic nitrogens is 2. The van der Waals surface area contributed by atoms with Gasteiger partial charge in [-0.2, -0.15) is 5.10 Å². The van der Waals surface area contributed by atoms with E-state index >= 15 is 0 Å². The van der Waals surface area contributed by atoms with Crippen LogP contribution < -0.4 is 0 Å². The summed E-state index contributed by atoms with van der Waals surface area (Å²) in [5.41, 5.74) is 2.94. The summed E-state index contributed by atoms with van der Waals surface area (Å²) in [5.74, 6) is 0.499. The molecule has 1 aromatic carbocycles. The van der Waals surface area contributed by atoms with Gasteiger partial charge in [-0.1, -0.05) is 17.7 Å². The lowest BCUT2D eigenvalue weighted by Crippen LogP contribution is -2.50. The Kier molecular flexibility index (Phi) is 4.12. The molecule has 0 radical (unpaired) electrons. The van der Waals surface area contributed by atoms with Gasteiger partial charge >= 0.3 is 0 Å². The van der Waals surface area contributed by atoms with Gasteiger partial charge in [0.1, 0.15) is 0 Å². The van der Waals surface area contributed by atoms with Gasteiger partial charge in [0.05, 0.1) is 18.4 Å². The molecule has 2 atom stereocenters. The van der Waals surface area contributed by atoms with Crippen molar-refractivity contribution in [2.75, 3.05) is 19.7 Å². The summed E-state index contributed by atoms with van der Waals surface area (Å²) in [6.45, 7) is 4.25. The number of benzene rings is 1. The molecule has 1 spiro atoms. The Morgan fingerprint density at radius 1 is 1.40 bits per heavy atom. The molecule has 4 rings (SSSR count). The molecule has 1 amide bonds. The van der Waals surface area contributed by atoms with E-state index in [0.717, 1.165) is 43.5 Å². The highest BCUT2D eigenvalue weighted by molar-refractivity contribution is 5.94. The van der Waals surface area contributed by atoms with Crippen molar-refractivity contribution in [3.05, 3.63) is 53.3 Å². The van der Waals surface area contributed by atoms with E-state index in [4.69, 9.17) is 4.74 Å². The fourth-order valence-corrected chi connectivity index (χ4v) is 4.23. The van der Waals surface area contributed by atoms with Gasteiger partial charge < -0.3 is 9.64 Å². The maximum absolute atomic E-state index is 12.9. The Hall–Kier alpha value is -2.14. The van der Waals surface area contributed by atoms with E-state index in [1.54, 1.807) is 0 Å². The summed E-state index contributed by atoms with van der Waals surface area (Å²) >= 11 is 0. The van der Waals surface area contributed by atoms with E-state index in [1.165, 1.54) is 5.56 Å². The molecule has 25 heavy (non-hydrogen) atoms. The van der Waals surface area contributed by atoms with Crippen LogP contribution in [0.25, 0.3) is 0 Å². The van der Waals surface area contributed by atoms with Gasteiger partial charge in [0.25, 0.3) is 5.91 Å². The first kappa shape index (κ1) is 16.3. The molecule has 2 saturated heterocycles. The second-order valence-corrected chi connectivity index (χ2v) is 7.54. The fourth-order valence-electron chi connectivity index (χ4n) is 4.23. The number of likely N-dealkylation sites (tertiary alicyclic amines) is 1. The summed E-state index contributed by atoms with van der Waals surface area (Å²) in [7, 11) is 1.94. The number of aryl methyl sites for hydroxylation is 2. The van der Waals surface area contributed by atoms with Crippen LogP contribution in [0.5, 0.6) is 0 Å². The summed E-state index contributed by atoms with van der Waals surface area (Å²) < 4.78 is 8.11. The molecule has 2 fully saturated rings. The van der Waals surface area contributed by atoms with Crippen molar-refractivity contribution in [1.29, 1.82) is 0 Å². The summed E-state index contributed by atoms with van der Waals surface area (Å²) in [6.07, 6.45) is 7.01. The van der Waals surface area contributed by atoms with Crippen molar-refractivity contribution in [2.45, 2.75) is 37.7 Å². The second kappa shape index (κ2) is 6.30. The van der Waals surface area contributed by atoms with Crippen molar-refractivity contribution >= 4 is 5.91 Å². The monoisotopic (exact) mass is 339 g/mol. The number of piperidine rings is 1. The minimum Gasteiger partial charge on any atom is -0.372 e. The highest BCUT2D eigenvalue weighted by Gasteiger charge is 2.45. The number of amides is 1. The molecule has 1 aromatic heterocycles. The zero-order valence-corrected chi connectivity index (χ0v) is 14.9. The number of rotatable bonds is 2. The quantitative estimate of drug-likeness (QED) is 0.845. The van der Waals surface area contributed by atoms with Crippen molar-refractivity contribution in [3.8, 4) is 0 Å². The van der Waals surface area contributed by atoms with Gasteiger partial charge in [0.2, 0.25) is 0 Å². The fraction of sp³-hybridized carbons (Fsp3) is 0.500. The molecule has 2 aromatic rings. The third-order valence-electron chi connectivity index (χ3n) is 5.50. The first-order valence-electron chi connectivity index (χ1n) is 9.03. The summed E-state index contributed by atoms with van der Waals surface area (Å²) in [6, 6.07) is 7.85. The molecular weight excluding hydrogens is 314 g/mol. The van der Waals surface area contributed by atoms with E-state index in [2.05, 4.69) is 11.3 Å². The average Bonchev–Trinajstić information content (AvgIpc) is 3.21. The molecule has 0 N–H and O–H groups in total. The molecule has 2 aliphatic heterocycles. The molecule has 132 valence electrons.